The topological polar surface area (TPSA) is 0 Å². The second-order valence-electron chi connectivity index (χ2n) is 3.63. The summed E-state index contributed by atoms with van der Waals surface area (Å²) >= 11 is 2.56. The fourth-order valence-electron chi connectivity index (χ4n) is 0.977. The van der Waals surface area contributed by atoms with Crippen LogP contribution in [0.3, 0.4) is 0 Å². The van der Waals surface area contributed by atoms with Crippen LogP contribution in [0.4, 0.5) is 0 Å². The fraction of sp³-hybridized carbons (Fsp3) is 0.400. The molecule has 0 N–H and O–H groups in total. The SMILES string of the molecule is C=C(C)[As](C)(I)(C(=C)C)C(=C)C. The molecular formula is C10H18AsI. The maximum atomic E-state index is 4.09. The average Bonchev–Trinajstić information content (AvgIpc) is 1.86. The van der Waals surface area contributed by atoms with Crippen LogP contribution in [0.15, 0.2) is 32.8 Å². The van der Waals surface area contributed by atoms with Gasteiger partial charge < -0.3 is 0 Å². The molecule has 0 rings (SSSR count). The standard InChI is InChI=1S/C10H18AsI/c1-8(2)11(7,12,9(3)4)10(5)6/h1,3,5H2,2,4,6-7H3. The molecule has 0 aliphatic carbocycles. The van der Waals surface area contributed by atoms with E-state index in [0.29, 0.717) is 0 Å². The van der Waals surface area contributed by atoms with Crippen molar-refractivity contribution in [2.24, 2.45) is 0 Å². The second-order valence-corrected chi connectivity index (χ2v) is 27.0. The summed E-state index contributed by atoms with van der Waals surface area (Å²) in [5.41, 5.74) is 2.30. The molecule has 0 aliphatic rings. The molecule has 0 atom stereocenters. The Labute approximate surface area is 88.0 Å². The van der Waals surface area contributed by atoms with E-state index in [9.17, 15) is 0 Å². The fourth-order valence-corrected chi connectivity index (χ4v) is 5.08. The summed E-state index contributed by atoms with van der Waals surface area (Å²) in [4.78, 5) is 0. The molecule has 0 saturated heterocycles. The molecule has 0 aliphatic heterocycles. The second kappa shape index (κ2) is 3.34. The number of rotatable bonds is 3. The Balaban J connectivity index is 5.56. The van der Waals surface area contributed by atoms with Crippen LogP contribution in [0.25, 0.3) is 0 Å². The number of halogens is 1. The van der Waals surface area contributed by atoms with E-state index in [1.54, 1.807) is 0 Å². The maximum absolute atomic E-state index is 4.09. The van der Waals surface area contributed by atoms with E-state index in [0.717, 1.165) is 0 Å². The number of hydrogen-bond acceptors (Lipinski definition) is 0. The molecule has 0 radical (unpaired) electrons. The third kappa shape index (κ3) is 1.58. The van der Waals surface area contributed by atoms with E-state index in [2.05, 4.69) is 66.3 Å². The van der Waals surface area contributed by atoms with E-state index in [4.69, 9.17) is 0 Å². The first-order valence-corrected chi connectivity index (χ1v) is 14.3. The van der Waals surface area contributed by atoms with Crippen molar-refractivity contribution in [1.82, 2.24) is 0 Å². The molecule has 0 unspecified atom stereocenters. The van der Waals surface area contributed by atoms with E-state index in [-0.39, 0.29) is 0 Å². The van der Waals surface area contributed by atoms with Crippen molar-refractivity contribution in [3.05, 3.63) is 32.8 Å². The van der Waals surface area contributed by atoms with Gasteiger partial charge in [0.25, 0.3) is 0 Å². The van der Waals surface area contributed by atoms with Gasteiger partial charge in [-0.25, -0.2) is 0 Å². The van der Waals surface area contributed by atoms with Crippen molar-refractivity contribution >= 4 is 29.2 Å². The molecular weight excluding hydrogens is 322 g/mol. The van der Waals surface area contributed by atoms with Crippen LogP contribution in [0.2, 0.25) is 5.71 Å². The zero-order valence-electron chi connectivity index (χ0n) is 8.45. The third-order valence-corrected chi connectivity index (χ3v) is 27.0. The zero-order chi connectivity index (χ0) is 10.2. The van der Waals surface area contributed by atoms with Gasteiger partial charge in [0.05, 0.1) is 0 Å². The first kappa shape index (κ1) is 12.5. The summed E-state index contributed by atoms with van der Waals surface area (Å²) in [7, 11) is -2.63. The van der Waals surface area contributed by atoms with Gasteiger partial charge in [0.1, 0.15) is 0 Å². The van der Waals surface area contributed by atoms with E-state index in [1.165, 1.54) is 13.1 Å². The summed E-state index contributed by atoms with van der Waals surface area (Å²) in [6.45, 7) is 18.6. The molecule has 0 nitrogen and oxygen atoms in total. The van der Waals surface area contributed by atoms with Crippen molar-refractivity contribution in [2.75, 3.05) is 0 Å². The van der Waals surface area contributed by atoms with Crippen LogP contribution in [0, 0.1) is 0 Å². The molecule has 0 aromatic rings. The first-order chi connectivity index (χ1) is 5.13. The monoisotopic (exact) mass is 340 g/mol. The molecule has 0 aromatic heterocycles. The van der Waals surface area contributed by atoms with Crippen molar-refractivity contribution in [3.8, 4) is 0 Å². The minimum atomic E-state index is -2.63. The Hall–Kier alpha value is 0.508. The van der Waals surface area contributed by atoms with E-state index < -0.39 is 9.10 Å². The van der Waals surface area contributed by atoms with Gasteiger partial charge in [-0.3, -0.25) is 0 Å². The van der Waals surface area contributed by atoms with E-state index in [1.807, 2.05) is 0 Å². The molecule has 12 heavy (non-hydrogen) atoms. The van der Waals surface area contributed by atoms with Gasteiger partial charge in [0.15, 0.2) is 0 Å². The normalized spacial score (nSPS) is 14.6. The Morgan fingerprint density at radius 2 is 1.08 bits per heavy atom. The van der Waals surface area contributed by atoms with Crippen molar-refractivity contribution in [1.29, 1.82) is 0 Å². The third-order valence-electron chi connectivity index (χ3n) is 2.72. The number of allylic oxidation sites excluding steroid dienone is 3. The van der Waals surface area contributed by atoms with Crippen molar-refractivity contribution in [3.63, 3.8) is 0 Å². The molecule has 0 bridgehead atoms. The molecule has 0 amide bonds. The van der Waals surface area contributed by atoms with Gasteiger partial charge in [-0.05, 0) is 0 Å². The Kier molecular flexibility index (Phi) is 3.48. The van der Waals surface area contributed by atoms with Gasteiger partial charge in [-0.2, -0.15) is 0 Å². The zero-order valence-corrected chi connectivity index (χ0v) is 12.5. The quantitative estimate of drug-likeness (QED) is 0.531. The molecule has 2 heteroatoms. The summed E-state index contributed by atoms with van der Waals surface area (Å²) < 4.78 is 3.78. The predicted octanol–water partition coefficient (Wildman–Crippen LogP) is 4.30. The molecule has 0 aromatic carbocycles. The minimum absolute atomic E-state index is 1.26. The summed E-state index contributed by atoms with van der Waals surface area (Å²) in [5, 5.41) is 0. The van der Waals surface area contributed by atoms with E-state index >= 15 is 0 Å². The molecule has 70 valence electrons. The van der Waals surface area contributed by atoms with Crippen molar-refractivity contribution < 1.29 is 0 Å². The predicted molar refractivity (Wildman–Crippen MR) is 70.1 cm³/mol. The van der Waals surface area contributed by atoms with Crippen LogP contribution in [-0.4, -0.2) is 9.10 Å². The van der Waals surface area contributed by atoms with Crippen LogP contribution < -0.4 is 0 Å². The average molecular weight is 340 g/mol. The van der Waals surface area contributed by atoms with Gasteiger partial charge in [-0.15, -0.1) is 0 Å². The molecule has 0 fully saturated rings. The molecule has 0 spiro atoms. The summed E-state index contributed by atoms with van der Waals surface area (Å²) in [6, 6.07) is 0. The Morgan fingerprint density at radius 1 is 0.917 bits per heavy atom. The van der Waals surface area contributed by atoms with Gasteiger partial charge in [0, 0.05) is 0 Å². The molecule has 0 heterocycles. The summed E-state index contributed by atoms with van der Waals surface area (Å²) in [5.74, 6) is 0. The molecule has 0 saturated carbocycles. The van der Waals surface area contributed by atoms with Gasteiger partial charge >= 0.3 is 88.5 Å². The Bertz CT molecular complexity index is 218. The van der Waals surface area contributed by atoms with Crippen LogP contribution in [0.1, 0.15) is 20.8 Å². The summed E-state index contributed by atoms with van der Waals surface area (Å²) in [6.07, 6.45) is 0. The first-order valence-electron chi connectivity index (χ1n) is 3.85. The van der Waals surface area contributed by atoms with Gasteiger partial charge in [-0.1, -0.05) is 0 Å². The van der Waals surface area contributed by atoms with Crippen LogP contribution >= 0.6 is 20.1 Å². The van der Waals surface area contributed by atoms with Gasteiger partial charge in [0.2, 0.25) is 0 Å². The Morgan fingerprint density at radius 3 is 1.08 bits per heavy atom. The van der Waals surface area contributed by atoms with Crippen LogP contribution in [-0.2, 0) is 0 Å². The van der Waals surface area contributed by atoms with Crippen LogP contribution in [0.5, 0.6) is 0 Å². The number of hydrogen-bond donors (Lipinski definition) is 0. The van der Waals surface area contributed by atoms with Crippen molar-refractivity contribution in [2.45, 2.75) is 26.5 Å².